The van der Waals surface area contributed by atoms with E-state index in [0.717, 1.165) is 89.4 Å². The minimum absolute atomic E-state index is 0.775. The topological polar surface area (TPSA) is 117 Å². The maximum absolute atomic E-state index is 4.73. The third-order valence-electron chi connectivity index (χ3n) is 9.41. The predicted molar refractivity (Wildman–Crippen MR) is 216 cm³/mol. The normalized spacial score (nSPS) is 11.2. The van der Waals surface area contributed by atoms with Crippen LogP contribution in [0.2, 0.25) is 0 Å². The third kappa shape index (κ3) is 5.56. The van der Waals surface area contributed by atoms with Crippen molar-refractivity contribution >= 4 is 67.9 Å². The molecule has 0 bridgehead atoms. The molecule has 0 aliphatic carbocycles. The van der Waals surface area contributed by atoms with E-state index in [9.17, 15) is 0 Å². The zero-order valence-corrected chi connectivity index (χ0v) is 29.5. The summed E-state index contributed by atoms with van der Waals surface area (Å²) in [6, 6.07) is 29.5. The summed E-state index contributed by atoms with van der Waals surface area (Å²) in [7, 11) is 7.74. The molecule has 3 aromatic carbocycles. The first-order chi connectivity index (χ1) is 25.4. The van der Waals surface area contributed by atoms with Gasteiger partial charge in [-0.05, 0) is 63.7 Å². The lowest BCUT2D eigenvalue weighted by atomic mass is 10.00. The number of fused-ring (bicyclic) bond motifs is 6. The van der Waals surface area contributed by atoms with E-state index in [4.69, 9.17) is 4.98 Å². The average Bonchev–Trinajstić information content (AvgIpc) is 3.99. The maximum atomic E-state index is 4.73. The number of hydrogen-bond acceptors (Lipinski definition) is 6. The van der Waals surface area contributed by atoms with Crippen LogP contribution in [0.25, 0.3) is 89.9 Å². The van der Waals surface area contributed by atoms with E-state index in [1.54, 1.807) is 0 Å². The molecule has 0 fully saturated rings. The zero-order valence-electron chi connectivity index (χ0n) is 29.5. The average molecular weight is 683 g/mol. The Morgan fingerprint density at radius 2 is 1.00 bits per heavy atom. The second kappa shape index (κ2) is 13.1. The molecule has 0 aliphatic rings. The summed E-state index contributed by atoms with van der Waals surface area (Å²) in [5.74, 6) is 1.55. The Morgan fingerprint density at radius 3 is 1.48 bits per heavy atom. The van der Waals surface area contributed by atoms with E-state index in [1.807, 2.05) is 74.3 Å². The van der Waals surface area contributed by atoms with Crippen molar-refractivity contribution in [2.24, 2.45) is 14.1 Å². The Bertz CT molecular complexity index is 2790. The van der Waals surface area contributed by atoms with Gasteiger partial charge in [0.2, 0.25) is 0 Å². The van der Waals surface area contributed by atoms with Crippen LogP contribution in [-0.2, 0) is 14.1 Å². The molecule has 9 rings (SSSR count). The van der Waals surface area contributed by atoms with Crippen molar-refractivity contribution in [1.82, 2.24) is 39.0 Å². The molecule has 0 saturated carbocycles. The minimum Gasteiger partial charge on any atom is -0.371 e. The molecule has 0 atom stereocenters. The van der Waals surface area contributed by atoms with E-state index in [1.165, 1.54) is 11.1 Å². The fraction of sp³-hybridized carbons (Fsp3) is 0.0952. The van der Waals surface area contributed by atoms with Crippen molar-refractivity contribution in [3.8, 4) is 33.6 Å². The quantitative estimate of drug-likeness (QED) is 0.133. The first-order valence-corrected chi connectivity index (χ1v) is 17.0. The molecule has 6 aromatic heterocycles. The van der Waals surface area contributed by atoms with Crippen LogP contribution in [0.4, 0.5) is 11.6 Å². The standard InChI is InChI=1S/C24H21N5.C18H17N5/c1-4-15-7-5-8-16(11-15)17-9-6-10-18(12-17)20-13-19-22-21(26-14-29(22)3)24(25-2)28-23(19)27-20;1-4-11-6-5-7-12(8-11)14-9-13-16-15(20-10-23(16)3)18(19-2)22-17(13)21-14/h4-14H,1H2,2-3H3,(H2,25,27,28);4-10H,1H2,2-3H3,(H2,19,21,22). The van der Waals surface area contributed by atoms with E-state index >= 15 is 0 Å². The fourth-order valence-electron chi connectivity index (χ4n) is 6.80. The highest BCUT2D eigenvalue weighted by atomic mass is 15.1. The van der Waals surface area contributed by atoms with Crippen LogP contribution in [0.15, 0.2) is 111 Å². The van der Waals surface area contributed by atoms with Crippen molar-refractivity contribution in [2.75, 3.05) is 24.7 Å². The molecule has 0 unspecified atom stereocenters. The number of benzene rings is 3. The Morgan fingerprint density at radius 1 is 0.577 bits per heavy atom. The number of nitrogens with zero attached hydrogens (tertiary/aromatic N) is 6. The van der Waals surface area contributed by atoms with Crippen molar-refractivity contribution in [2.45, 2.75) is 0 Å². The first kappa shape index (κ1) is 32.3. The molecule has 6 heterocycles. The number of aromatic amines is 2. The van der Waals surface area contributed by atoms with Crippen molar-refractivity contribution < 1.29 is 0 Å². The van der Waals surface area contributed by atoms with Gasteiger partial charge < -0.3 is 29.7 Å². The lowest BCUT2D eigenvalue weighted by Gasteiger charge is -2.05. The van der Waals surface area contributed by atoms with Crippen LogP contribution in [0.1, 0.15) is 11.1 Å². The van der Waals surface area contributed by atoms with Gasteiger partial charge in [-0.3, -0.25) is 0 Å². The summed E-state index contributed by atoms with van der Waals surface area (Å²) in [5.41, 5.74) is 14.4. The maximum Gasteiger partial charge on any atom is 0.156 e. The number of rotatable bonds is 7. The smallest absolute Gasteiger partial charge is 0.156 e. The lowest BCUT2D eigenvalue weighted by Crippen LogP contribution is -1.95. The van der Waals surface area contributed by atoms with Crippen molar-refractivity contribution in [3.63, 3.8) is 0 Å². The highest BCUT2D eigenvalue weighted by Crippen LogP contribution is 2.34. The van der Waals surface area contributed by atoms with Crippen LogP contribution in [0.3, 0.4) is 0 Å². The van der Waals surface area contributed by atoms with Gasteiger partial charge in [0.15, 0.2) is 11.6 Å². The molecule has 0 amide bonds. The van der Waals surface area contributed by atoms with Crippen LogP contribution in [0.5, 0.6) is 0 Å². The Kier molecular flexibility index (Phi) is 8.11. The lowest BCUT2D eigenvalue weighted by molar-refractivity contribution is 0.951. The van der Waals surface area contributed by atoms with Gasteiger partial charge in [-0.25, -0.2) is 19.9 Å². The zero-order chi connectivity index (χ0) is 35.9. The number of pyridine rings is 2. The fourth-order valence-corrected chi connectivity index (χ4v) is 6.80. The van der Waals surface area contributed by atoms with Gasteiger partial charge in [0.05, 0.1) is 23.7 Å². The van der Waals surface area contributed by atoms with Gasteiger partial charge in [0.1, 0.15) is 22.3 Å². The SMILES string of the molecule is C=Cc1cccc(-c2cc3c(nc(NC)c4ncn(C)c43)[nH]2)c1.C=Cc1cccc(-c2cccc(-c3cc4c(nc(NC)c5ncn(C)c54)[nH]3)c2)c1. The molecule has 52 heavy (non-hydrogen) atoms. The van der Waals surface area contributed by atoms with E-state index in [0.29, 0.717) is 0 Å². The number of aromatic nitrogens is 8. The number of anilines is 2. The Balaban J connectivity index is 0.000000153. The van der Waals surface area contributed by atoms with Gasteiger partial charge >= 0.3 is 0 Å². The minimum atomic E-state index is 0.775. The van der Waals surface area contributed by atoms with Crippen LogP contribution < -0.4 is 10.6 Å². The monoisotopic (exact) mass is 682 g/mol. The summed E-state index contributed by atoms with van der Waals surface area (Å²) >= 11 is 0. The van der Waals surface area contributed by atoms with E-state index < -0.39 is 0 Å². The number of H-pyrrole nitrogens is 2. The van der Waals surface area contributed by atoms with E-state index in [-0.39, 0.29) is 0 Å². The number of aryl methyl sites for hydroxylation is 2. The molecule has 9 aromatic rings. The number of nitrogens with one attached hydrogen (secondary N) is 4. The molecule has 0 aliphatic heterocycles. The molecular formula is C42H38N10. The summed E-state index contributed by atoms with van der Waals surface area (Å²) in [4.78, 5) is 25.3. The number of imidazole rings is 2. The summed E-state index contributed by atoms with van der Waals surface area (Å²) in [6.45, 7) is 7.71. The molecule has 10 nitrogen and oxygen atoms in total. The van der Waals surface area contributed by atoms with Gasteiger partial charge in [-0.1, -0.05) is 79.9 Å². The molecule has 10 heteroatoms. The van der Waals surface area contributed by atoms with Gasteiger partial charge in [0, 0.05) is 50.4 Å². The van der Waals surface area contributed by atoms with Gasteiger partial charge in [-0.15, -0.1) is 0 Å². The molecule has 0 spiro atoms. The molecule has 4 N–H and O–H groups in total. The second-order valence-corrected chi connectivity index (χ2v) is 12.7. The summed E-state index contributed by atoms with van der Waals surface area (Å²) in [6.07, 6.45) is 7.36. The number of hydrogen-bond donors (Lipinski definition) is 4. The second-order valence-electron chi connectivity index (χ2n) is 12.7. The molecule has 0 radical (unpaired) electrons. The third-order valence-corrected chi connectivity index (χ3v) is 9.41. The highest BCUT2D eigenvalue weighted by molar-refractivity contribution is 6.08. The highest BCUT2D eigenvalue weighted by Gasteiger charge is 2.17. The summed E-state index contributed by atoms with van der Waals surface area (Å²) in [5, 5.41) is 8.40. The van der Waals surface area contributed by atoms with Crippen molar-refractivity contribution in [1.29, 1.82) is 0 Å². The molecule has 0 saturated heterocycles. The van der Waals surface area contributed by atoms with Gasteiger partial charge in [-0.2, -0.15) is 0 Å². The van der Waals surface area contributed by atoms with Gasteiger partial charge in [0.25, 0.3) is 0 Å². The first-order valence-electron chi connectivity index (χ1n) is 17.0. The van der Waals surface area contributed by atoms with E-state index in [2.05, 4.69) is 122 Å². The molecular weight excluding hydrogens is 645 g/mol. The Hall–Kier alpha value is -6.94. The van der Waals surface area contributed by atoms with Crippen LogP contribution >= 0.6 is 0 Å². The largest absolute Gasteiger partial charge is 0.371 e. The van der Waals surface area contributed by atoms with Crippen LogP contribution in [0, 0.1) is 0 Å². The summed E-state index contributed by atoms with van der Waals surface area (Å²) < 4.78 is 4.06. The predicted octanol–water partition coefficient (Wildman–Crippen LogP) is 9.27. The van der Waals surface area contributed by atoms with Crippen molar-refractivity contribution in [3.05, 3.63) is 122 Å². The van der Waals surface area contributed by atoms with Crippen LogP contribution in [-0.4, -0.2) is 53.1 Å². The Labute approximate surface area is 300 Å². The molecule has 256 valence electrons.